The van der Waals surface area contributed by atoms with E-state index in [1.54, 1.807) is 39.5 Å². The summed E-state index contributed by atoms with van der Waals surface area (Å²) in [6, 6.07) is 13.3. The van der Waals surface area contributed by atoms with E-state index in [0.717, 1.165) is 16.7 Å². The van der Waals surface area contributed by atoms with Gasteiger partial charge in [-0.2, -0.15) is 4.98 Å². The molecule has 2 aromatic carbocycles. The molecule has 0 radical (unpaired) electrons. The Balaban J connectivity index is 1.64. The van der Waals surface area contributed by atoms with Crippen LogP contribution in [0.4, 0.5) is 0 Å². The molecule has 0 atom stereocenters. The molecule has 0 bridgehead atoms. The van der Waals surface area contributed by atoms with E-state index in [4.69, 9.17) is 14.0 Å². The highest BCUT2D eigenvalue weighted by atomic mass is 16.5. The largest absolute Gasteiger partial charge is 0.493 e. The number of carbonyl (C=O) groups excluding carboxylic acids is 1. The van der Waals surface area contributed by atoms with E-state index < -0.39 is 0 Å². The summed E-state index contributed by atoms with van der Waals surface area (Å²) in [5.41, 5.74) is 2.81. The van der Waals surface area contributed by atoms with Crippen LogP contribution in [0.1, 0.15) is 17.0 Å². The number of carbonyl (C=O) groups is 1. The quantitative estimate of drug-likeness (QED) is 0.569. The molecule has 29 heavy (non-hydrogen) atoms. The molecule has 7 heteroatoms. The highest BCUT2D eigenvalue weighted by molar-refractivity contribution is 5.91. The van der Waals surface area contributed by atoms with Gasteiger partial charge in [-0.15, -0.1) is 0 Å². The summed E-state index contributed by atoms with van der Waals surface area (Å²) < 4.78 is 15.8. The van der Waals surface area contributed by atoms with Crippen LogP contribution in [-0.2, 0) is 11.3 Å². The van der Waals surface area contributed by atoms with Crippen molar-refractivity contribution in [3.8, 4) is 22.9 Å². The number of ether oxygens (including phenoxy) is 2. The fraction of sp³-hybridized carbons (Fsp3) is 0.227. The molecule has 0 spiro atoms. The lowest BCUT2D eigenvalue weighted by Crippen LogP contribution is -2.24. The highest BCUT2D eigenvalue weighted by Crippen LogP contribution is 2.28. The van der Waals surface area contributed by atoms with Gasteiger partial charge >= 0.3 is 0 Å². The molecule has 1 aromatic heterocycles. The molecular formula is C22H23N3O4. The Morgan fingerprint density at radius 2 is 1.93 bits per heavy atom. The van der Waals surface area contributed by atoms with Crippen LogP contribution in [0.2, 0.25) is 0 Å². The first-order chi connectivity index (χ1) is 14.0. The Morgan fingerprint density at radius 3 is 2.66 bits per heavy atom. The van der Waals surface area contributed by atoms with Crippen LogP contribution in [0.25, 0.3) is 17.5 Å². The maximum atomic E-state index is 12.4. The van der Waals surface area contributed by atoms with Crippen molar-refractivity contribution in [3.05, 3.63) is 65.6 Å². The summed E-state index contributed by atoms with van der Waals surface area (Å²) in [6.45, 7) is 2.22. The minimum absolute atomic E-state index is 0.185. The van der Waals surface area contributed by atoms with Crippen molar-refractivity contribution in [1.29, 1.82) is 0 Å². The SMILES string of the molecule is COc1ccc(C=CC(=O)N(C)Cc2nc(-c3cccc(C)c3)no2)cc1OC. The molecule has 0 saturated heterocycles. The lowest BCUT2D eigenvalue weighted by molar-refractivity contribution is -0.125. The van der Waals surface area contributed by atoms with Gasteiger partial charge in [-0.05, 0) is 36.8 Å². The van der Waals surface area contributed by atoms with Crippen molar-refractivity contribution in [3.63, 3.8) is 0 Å². The van der Waals surface area contributed by atoms with Crippen LogP contribution in [-0.4, -0.2) is 42.2 Å². The third kappa shape index (κ3) is 5.01. The van der Waals surface area contributed by atoms with Crippen molar-refractivity contribution in [2.75, 3.05) is 21.3 Å². The monoisotopic (exact) mass is 393 g/mol. The summed E-state index contributed by atoms with van der Waals surface area (Å²) in [5, 5.41) is 4.00. The highest BCUT2D eigenvalue weighted by Gasteiger charge is 2.13. The zero-order valence-corrected chi connectivity index (χ0v) is 16.9. The van der Waals surface area contributed by atoms with E-state index in [0.29, 0.717) is 23.2 Å². The molecule has 1 heterocycles. The average Bonchev–Trinajstić information content (AvgIpc) is 3.20. The van der Waals surface area contributed by atoms with Crippen molar-refractivity contribution < 1.29 is 18.8 Å². The van der Waals surface area contributed by atoms with E-state index in [1.807, 2.05) is 37.3 Å². The first-order valence-corrected chi connectivity index (χ1v) is 9.05. The molecule has 0 saturated carbocycles. The number of benzene rings is 2. The third-order valence-corrected chi connectivity index (χ3v) is 4.32. The molecular weight excluding hydrogens is 370 g/mol. The van der Waals surface area contributed by atoms with E-state index in [9.17, 15) is 4.79 Å². The molecule has 150 valence electrons. The number of aromatic nitrogens is 2. The Labute approximate surface area is 169 Å². The van der Waals surface area contributed by atoms with Crippen molar-refractivity contribution in [2.45, 2.75) is 13.5 Å². The Morgan fingerprint density at radius 1 is 1.14 bits per heavy atom. The van der Waals surface area contributed by atoms with Crippen LogP contribution in [0.5, 0.6) is 11.5 Å². The van der Waals surface area contributed by atoms with E-state index in [2.05, 4.69) is 10.1 Å². The maximum Gasteiger partial charge on any atom is 0.246 e. The number of hydrogen-bond donors (Lipinski definition) is 0. The molecule has 0 aliphatic carbocycles. The molecule has 1 amide bonds. The minimum Gasteiger partial charge on any atom is -0.493 e. The standard InChI is InChI=1S/C22H23N3O4/c1-15-6-5-7-17(12-15)22-23-20(29-24-22)14-25(2)21(26)11-9-16-8-10-18(27-3)19(13-16)28-4/h5-13H,14H2,1-4H3. The molecule has 3 aromatic rings. The Kier molecular flexibility index (Phi) is 6.29. The fourth-order valence-electron chi connectivity index (χ4n) is 2.75. The number of nitrogens with zero attached hydrogens (tertiary/aromatic N) is 3. The number of methoxy groups -OCH3 is 2. The van der Waals surface area contributed by atoms with Gasteiger partial charge < -0.3 is 18.9 Å². The summed E-state index contributed by atoms with van der Waals surface area (Å²) in [4.78, 5) is 18.3. The zero-order chi connectivity index (χ0) is 20.8. The van der Waals surface area contributed by atoms with Crippen molar-refractivity contribution in [1.82, 2.24) is 15.0 Å². The van der Waals surface area contributed by atoms with Crippen LogP contribution in [0.3, 0.4) is 0 Å². The molecule has 7 nitrogen and oxygen atoms in total. The topological polar surface area (TPSA) is 77.7 Å². The van der Waals surface area contributed by atoms with Gasteiger partial charge in [0.25, 0.3) is 0 Å². The summed E-state index contributed by atoms with van der Waals surface area (Å²) in [5.74, 6) is 1.93. The Bertz CT molecular complexity index is 1030. The van der Waals surface area contributed by atoms with E-state index >= 15 is 0 Å². The van der Waals surface area contributed by atoms with Gasteiger partial charge in [0.05, 0.1) is 20.8 Å². The smallest absolute Gasteiger partial charge is 0.246 e. The second-order valence-corrected chi connectivity index (χ2v) is 6.52. The molecule has 0 aliphatic rings. The van der Waals surface area contributed by atoms with Crippen LogP contribution in [0, 0.1) is 6.92 Å². The van der Waals surface area contributed by atoms with Crippen molar-refractivity contribution in [2.24, 2.45) is 0 Å². The van der Waals surface area contributed by atoms with Gasteiger partial charge in [0.2, 0.25) is 17.6 Å². The normalized spacial score (nSPS) is 10.9. The molecule has 0 aliphatic heterocycles. The Hall–Kier alpha value is -3.61. The fourth-order valence-corrected chi connectivity index (χ4v) is 2.75. The molecule has 0 unspecified atom stereocenters. The van der Waals surface area contributed by atoms with Crippen molar-refractivity contribution >= 4 is 12.0 Å². The first kappa shape index (κ1) is 20.1. The number of hydrogen-bond acceptors (Lipinski definition) is 6. The second-order valence-electron chi connectivity index (χ2n) is 6.52. The van der Waals surface area contributed by atoms with Gasteiger partial charge in [-0.3, -0.25) is 4.79 Å². The summed E-state index contributed by atoms with van der Waals surface area (Å²) in [6.07, 6.45) is 3.20. The van der Waals surface area contributed by atoms with Gasteiger partial charge in [-0.1, -0.05) is 35.0 Å². The van der Waals surface area contributed by atoms with Crippen LogP contribution in [0.15, 0.2) is 53.1 Å². The lowest BCUT2D eigenvalue weighted by Gasteiger charge is -2.12. The predicted molar refractivity (Wildman–Crippen MR) is 110 cm³/mol. The summed E-state index contributed by atoms with van der Waals surface area (Å²) >= 11 is 0. The maximum absolute atomic E-state index is 12.4. The van der Waals surface area contributed by atoms with Gasteiger partial charge in [0.1, 0.15) is 0 Å². The second kappa shape index (κ2) is 9.05. The number of aryl methyl sites for hydroxylation is 1. The van der Waals surface area contributed by atoms with Gasteiger partial charge in [0, 0.05) is 18.7 Å². The molecule has 0 N–H and O–H groups in total. The van der Waals surface area contributed by atoms with E-state index in [-0.39, 0.29) is 12.5 Å². The number of rotatable bonds is 7. The molecule has 0 fully saturated rings. The number of likely N-dealkylation sites (N-methyl/N-ethyl adjacent to an activating group) is 1. The van der Waals surface area contributed by atoms with Crippen LogP contribution >= 0.6 is 0 Å². The lowest BCUT2D eigenvalue weighted by atomic mass is 10.1. The third-order valence-electron chi connectivity index (χ3n) is 4.32. The first-order valence-electron chi connectivity index (χ1n) is 9.05. The van der Waals surface area contributed by atoms with Gasteiger partial charge in [0.15, 0.2) is 11.5 Å². The number of amides is 1. The van der Waals surface area contributed by atoms with Gasteiger partial charge in [-0.25, -0.2) is 0 Å². The summed E-state index contributed by atoms with van der Waals surface area (Å²) in [7, 11) is 4.82. The van der Waals surface area contributed by atoms with E-state index in [1.165, 1.54) is 11.0 Å². The van der Waals surface area contributed by atoms with Crippen LogP contribution < -0.4 is 9.47 Å². The average molecular weight is 393 g/mol. The predicted octanol–water partition coefficient (Wildman–Crippen LogP) is 3.73. The molecule has 3 rings (SSSR count). The zero-order valence-electron chi connectivity index (χ0n) is 16.9. The minimum atomic E-state index is -0.185.